The molecule has 1 heterocycles. The van der Waals surface area contributed by atoms with Gasteiger partial charge in [-0.2, -0.15) is 0 Å². The van der Waals surface area contributed by atoms with Crippen LogP contribution in [-0.4, -0.2) is 19.7 Å². The first-order valence-corrected chi connectivity index (χ1v) is 6.42. The van der Waals surface area contributed by atoms with E-state index >= 15 is 0 Å². The Kier molecular flexibility index (Phi) is 3.77. The van der Waals surface area contributed by atoms with Crippen LogP contribution in [0.1, 0.15) is 32.6 Å². The van der Waals surface area contributed by atoms with Gasteiger partial charge in [-0.3, -0.25) is 0 Å². The molecular formula is C14H22N2O. The van der Waals surface area contributed by atoms with Gasteiger partial charge in [-0.25, -0.2) is 0 Å². The second kappa shape index (κ2) is 5.30. The van der Waals surface area contributed by atoms with Gasteiger partial charge in [0.2, 0.25) is 0 Å². The largest absolute Gasteiger partial charge is 0.495 e. The van der Waals surface area contributed by atoms with E-state index in [-0.39, 0.29) is 0 Å². The van der Waals surface area contributed by atoms with Crippen molar-refractivity contribution in [2.75, 3.05) is 24.3 Å². The minimum Gasteiger partial charge on any atom is -0.495 e. The molecule has 1 fully saturated rings. The Bertz CT molecular complexity index is 378. The molecule has 1 saturated heterocycles. The van der Waals surface area contributed by atoms with Crippen LogP contribution in [0, 0.1) is 0 Å². The molecule has 2 rings (SSSR count). The fourth-order valence-electron chi connectivity index (χ4n) is 2.54. The number of anilines is 2. The van der Waals surface area contributed by atoms with Crippen LogP contribution in [0.5, 0.6) is 5.75 Å². The van der Waals surface area contributed by atoms with Crippen LogP contribution in [-0.2, 0) is 0 Å². The normalized spacial score (nSPS) is 21.1. The molecule has 1 aliphatic heterocycles. The fraction of sp³-hybridized carbons (Fsp3) is 0.571. The van der Waals surface area contributed by atoms with E-state index in [4.69, 9.17) is 10.5 Å². The van der Waals surface area contributed by atoms with Crippen LogP contribution in [0.4, 0.5) is 11.4 Å². The minimum atomic E-state index is 0.603. The van der Waals surface area contributed by atoms with Crippen LogP contribution in [0.25, 0.3) is 0 Å². The maximum atomic E-state index is 5.85. The number of nitrogens with two attached hydrogens (primary N) is 1. The predicted octanol–water partition coefficient (Wildman–Crippen LogP) is 3.05. The lowest BCUT2D eigenvalue weighted by atomic mass is 10.1. The maximum Gasteiger partial charge on any atom is 0.143 e. The molecule has 0 amide bonds. The van der Waals surface area contributed by atoms with E-state index in [0.717, 1.165) is 12.3 Å². The third-order valence-corrected chi connectivity index (χ3v) is 3.60. The van der Waals surface area contributed by atoms with E-state index in [0.29, 0.717) is 11.7 Å². The standard InChI is InChI=1S/C14H22N2O/c1-11-6-4-3-5-9-16(11)12-7-8-13(15)14(10-12)17-2/h7-8,10-11H,3-6,9,15H2,1-2H3. The topological polar surface area (TPSA) is 38.5 Å². The monoisotopic (exact) mass is 234 g/mol. The summed E-state index contributed by atoms with van der Waals surface area (Å²) in [6.07, 6.45) is 5.22. The van der Waals surface area contributed by atoms with Crippen LogP contribution in [0.3, 0.4) is 0 Å². The average Bonchev–Trinajstić information content (AvgIpc) is 2.55. The van der Waals surface area contributed by atoms with Gasteiger partial charge < -0.3 is 15.4 Å². The number of ether oxygens (including phenoxy) is 1. The fourth-order valence-corrected chi connectivity index (χ4v) is 2.54. The van der Waals surface area contributed by atoms with E-state index in [2.05, 4.69) is 24.0 Å². The molecule has 0 radical (unpaired) electrons. The molecular weight excluding hydrogens is 212 g/mol. The van der Waals surface area contributed by atoms with E-state index in [1.165, 1.54) is 31.4 Å². The summed E-state index contributed by atoms with van der Waals surface area (Å²) in [7, 11) is 1.67. The van der Waals surface area contributed by atoms with Gasteiger partial charge in [-0.15, -0.1) is 0 Å². The molecule has 1 unspecified atom stereocenters. The molecule has 1 atom stereocenters. The Morgan fingerprint density at radius 1 is 1.29 bits per heavy atom. The Labute approximate surface area is 104 Å². The third kappa shape index (κ3) is 2.65. The number of nitrogens with zero attached hydrogens (tertiary/aromatic N) is 1. The molecule has 94 valence electrons. The Balaban J connectivity index is 2.25. The zero-order chi connectivity index (χ0) is 12.3. The first kappa shape index (κ1) is 12.1. The van der Waals surface area contributed by atoms with Crippen LogP contribution in [0.2, 0.25) is 0 Å². The van der Waals surface area contributed by atoms with Crippen molar-refractivity contribution in [2.45, 2.75) is 38.6 Å². The molecule has 17 heavy (non-hydrogen) atoms. The summed E-state index contributed by atoms with van der Waals surface area (Å²) < 4.78 is 5.29. The molecule has 0 spiro atoms. The van der Waals surface area contributed by atoms with Gasteiger partial charge in [0.25, 0.3) is 0 Å². The lowest BCUT2D eigenvalue weighted by molar-refractivity contribution is 0.417. The van der Waals surface area contributed by atoms with E-state index in [1.54, 1.807) is 7.11 Å². The minimum absolute atomic E-state index is 0.603. The highest BCUT2D eigenvalue weighted by Crippen LogP contribution is 2.30. The molecule has 1 aromatic rings. The van der Waals surface area contributed by atoms with Crippen molar-refractivity contribution >= 4 is 11.4 Å². The number of nitrogen functional groups attached to an aromatic ring is 1. The Morgan fingerprint density at radius 2 is 2.12 bits per heavy atom. The lowest BCUT2D eigenvalue weighted by Crippen LogP contribution is -2.32. The Morgan fingerprint density at radius 3 is 2.88 bits per heavy atom. The summed E-state index contributed by atoms with van der Waals surface area (Å²) in [5.74, 6) is 0.777. The van der Waals surface area contributed by atoms with Gasteiger partial charge in [-0.05, 0) is 31.9 Å². The van der Waals surface area contributed by atoms with Gasteiger partial charge in [0.05, 0.1) is 12.8 Å². The van der Waals surface area contributed by atoms with Crippen LogP contribution >= 0.6 is 0 Å². The molecule has 0 saturated carbocycles. The molecule has 1 aliphatic rings. The first-order valence-electron chi connectivity index (χ1n) is 6.42. The third-order valence-electron chi connectivity index (χ3n) is 3.60. The van der Waals surface area contributed by atoms with Crippen molar-refractivity contribution < 1.29 is 4.74 Å². The van der Waals surface area contributed by atoms with E-state index in [1.807, 2.05) is 6.07 Å². The molecule has 1 aromatic carbocycles. The van der Waals surface area contributed by atoms with Gasteiger partial charge in [-0.1, -0.05) is 12.8 Å². The van der Waals surface area contributed by atoms with Crippen molar-refractivity contribution in [1.82, 2.24) is 0 Å². The van der Waals surface area contributed by atoms with E-state index < -0.39 is 0 Å². The molecule has 2 N–H and O–H groups in total. The van der Waals surface area contributed by atoms with Crippen molar-refractivity contribution in [2.24, 2.45) is 0 Å². The molecule has 3 heteroatoms. The van der Waals surface area contributed by atoms with Gasteiger partial charge in [0.1, 0.15) is 5.75 Å². The van der Waals surface area contributed by atoms with Gasteiger partial charge in [0.15, 0.2) is 0 Å². The number of hydrogen-bond acceptors (Lipinski definition) is 3. The summed E-state index contributed by atoms with van der Waals surface area (Å²) in [6.45, 7) is 3.43. The average molecular weight is 234 g/mol. The van der Waals surface area contributed by atoms with Crippen molar-refractivity contribution in [3.8, 4) is 5.75 Å². The SMILES string of the molecule is COc1cc(N2CCCCCC2C)ccc1N. The smallest absolute Gasteiger partial charge is 0.143 e. The van der Waals surface area contributed by atoms with Gasteiger partial charge >= 0.3 is 0 Å². The zero-order valence-corrected chi connectivity index (χ0v) is 10.8. The van der Waals surface area contributed by atoms with Crippen LogP contribution < -0.4 is 15.4 Å². The summed E-state index contributed by atoms with van der Waals surface area (Å²) in [6, 6.07) is 6.69. The lowest BCUT2D eigenvalue weighted by Gasteiger charge is -2.29. The first-order chi connectivity index (χ1) is 8.22. The highest BCUT2D eigenvalue weighted by Gasteiger charge is 2.17. The second-order valence-electron chi connectivity index (χ2n) is 4.82. The highest BCUT2D eigenvalue weighted by molar-refractivity contribution is 5.62. The van der Waals surface area contributed by atoms with Crippen molar-refractivity contribution in [3.05, 3.63) is 18.2 Å². The predicted molar refractivity (Wildman–Crippen MR) is 72.7 cm³/mol. The highest BCUT2D eigenvalue weighted by atomic mass is 16.5. The molecule has 3 nitrogen and oxygen atoms in total. The van der Waals surface area contributed by atoms with E-state index in [9.17, 15) is 0 Å². The summed E-state index contributed by atoms with van der Waals surface area (Å²) in [4.78, 5) is 2.47. The number of methoxy groups -OCH3 is 1. The number of hydrogen-bond donors (Lipinski definition) is 1. The summed E-state index contributed by atoms with van der Waals surface area (Å²) in [5.41, 5.74) is 7.79. The second-order valence-corrected chi connectivity index (χ2v) is 4.82. The van der Waals surface area contributed by atoms with Crippen molar-refractivity contribution in [1.29, 1.82) is 0 Å². The van der Waals surface area contributed by atoms with Crippen molar-refractivity contribution in [3.63, 3.8) is 0 Å². The number of rotatable bonds is 2. The number of benzene rings is 1. The zero-order valence-electron chi connectivity index (χ0n) is 10.8. The summed E-state index contributed by atoms with van der Waals surface area (Å²) >= 11 is 0. The molecule has 0 aliphatic carbocycles. The van der Waals surface area contributed by atoms with Crippen LogP contribution in [0.15, 0.2) is 18.2 Å². The maximum absolute atomic E-state index is 5.85. The molecule has 0 aromatic heterocycles. The summed E-state index contributed by atoms with van der Waals surface area (Å²) in [5, 5.41) is 0. The Hall–Kier alpha value is -1.38. The quantitative estimate of drug-likeness (QED) is 0.799. The molecule has 0 bridgehead atoms. The van der Waals surface area contributed by atoms with Gasteiger partial charge in [0, 0.05) is 24.3 Å².